The number of benzene rings is 1. The van der Waals surface area contributed by atoms with Gasteiger partial charge in [0.25, 0.3) is 0 Å². The lowest BCUT2D eigenvalue weighted by molar-refractivity contribution is 0.590. The highest BCUT2D eigenvalue weighted by Gasteiger charge is 2.12. The van der Waals surface area contributed by atoms with Crippen LogP contribution in [0.4, 0.5) is 5.82 Å². The van der Waals surface area contributed by atoms with E-state index in [4.69, 9.17) is 0 Å². The fraction of sp³-hybridized carbons (Fsp3) is 0.353. The third-order valence-corrected chi connectivity index (χ3v) is 4.29. The van der Waals surface area contributed by atoms with Gasteiger partial charge in [-0.05, 0) is 34.7 Å². The number of pyridine rings is 1. The zero-order chi connectivity index (χ0) is 14.6. The summed E-state index contributed by atoms with van der Waals surface area (Å²) >= 11 is 1.85. The minimum atomic E-state index is 0.218. The molecule has 2 nitrogen and oxygen atoms in total. The second kappa shape index (κ2) is 6.31. The standard InChI is InChI=1S/C17H22N2S/c1-17(2,3)14-6-8-15(9-7-14)20-12-13-5-10-16(18-4)19-11-13/h5-11H,12H2,1-4H3,(H,18,19). The second-order valence-corrected chi connectivity index (χ2v) is 6.91. The SMILES string of the molecule is CNc1ccc(CSc2ccc(C(C)(C)C)cc2)cn1. The summed E-state index contributed by atoms with van der Waals surface area (Å²) in [5.41, 5.74) is 2.84. The zero-order valence-corrected chi connectivity index (χ0v) is 13.4. The lowest BCUT2D eigenvalue weighted by atomic mass is 9.87. The van der Waals surface area contributed by atoms with Gasteiger partial charge in [-0.3, -0.25) is 0 Å². The number of thioether (sulfide) groups is 1. The molecule has 1 aromatic heterocycles. The average Bonchev–Trinajstić information content (AvgIpc) is 2.45. The van der Waals surface area contributed by atoms with Crippen LogP contribution in [0.2, 0.25) is 0 Å². The first-order valence-corrected chi connectivity index (χ1v) is 7.83. The molecule has 0 radical (unpaired) electrons. The van der Waals surface area contributed by atoms with Crippen molar-refractivity contribution in [2.45, 2.75) is 36.8 Å². The van der Waals surface area contributed by atoms with Crippen LogP contribution in [-0.2, 0) is 11.2 Å². The molecule has 0 atom stereocenters. The Balaban J connectivity index is 1.96. The number of nitrogens with zero attached hydrogens (tertiary/aromatic N) is 1. The Hall–Kier alpha value is -1.48. The molecule has 0 fully saturated rings. The molecule has 0 saturated heterocycles. The molecule has 2 rings (SSSR count). The van der Waals surface area contributed by atoms with Gasteiger partial charge in [-0.2, -0.15) is 0 Å². The second-order valence-electron chi connectivity index (χ2n) is 5.86. The number of hydrogen-bond donors (Lipinski definition) is 1. The van der Waals surface area contributed by atoms with Crippen LogP contribution in [-0.4, -0.2) is 12.0 Å². The summed E-state index contributed by atoms with van der Waals surface area (Å²) in [6, 6.07) is 13.0. The highest BCUT2D eigenvalue weighted by Crippen LogP contribution is 2.27. The average molecular weight is 286 g/mol. The molecule has 1 heterocycles. The van der Waals surface area contributed by atoms with Crippen LogP contribution >= 0.6 is 11.8 Å². The molecule has 0 aliphatic heterocycles. The van der Waals surface area contributed by atoms with E-state index in [0.29, 0.717) is 0 Å². The van der Waals surface area contributed by atoms with Crippen LogP contribution in [0.5, 0.6) is 0 Å². The van der Waals surface area contributed by atoms with Gasteiger partial charge in [-0.15, -0.1) is 11.8 Å². The van der Waals surface area contributed by atoms with E-state index in [1.54, 1.807) is 0 Å². The third kappa shape index (κ3) is 4.01. The Morgan fingerprint density at radius 2 is 1.75 bits per heavy atom. The van der Waals surface area contributed by atoms with Crippen molar-refractivity contribution in [3.05, 3.63) is 53.7 Å². The largest absolute Gasteiger partial charge is 0.373 e. The van der Waals surface area contributed by atoms with Gasteiger partial charge in [0.2, 0.25) is 0 Å². The molecule has 0 amide bonds. The quantitative estimate of drug-likeness (QED) is 0.824. The van der Waals surface area contributed by atoms with Crippen molar-refractivity contribution < 1.29 is 0 Å². The Bertz CT molecular complexity index is 539. The van der Waals surface area contributed by atoms with E-state index in [1.807, 2.05) is 31.1 Å². The van der Waals surface area contributed by atoms with Crippen LogP contribution in [0.1, 0.15) is 31.9 Å². The summed E-state index contributed by atoms with van der Waals surface area (Å²) in [4.78, 5) is 5.63. The summed E-state index contributed by atoms with van der Waals surface area (Å²) in [6.07, 6.45) is 1.93. The minimum absolute atomic E-state index is 0.218. The molecular weight excluding hydrogens is 264 g/mol. The summed E-state index contributed by atoms with van der Waals surface area (Å²) < 4.78 is 0. The smallest absolute Gasteiger partial charge is 0.125 e. The van der Waals surface area contributed by atoms with E-state index in [2.05, 4.69) is 61.4 Å². The van der Waals surface area contributed by atoms with Crippen molar-refractivity contribution in [1.82, 2.24) is 4.98 Å². The maximum atomic E-state index is 4.33. The Morgan fingerprint density at radius 3 is 2.25 bits per heavy atom. The highest BCUT2D eigenvalue weighted by atomic mass is 32.2. The summed E-state index contributed by atoms with van der Waals surface area (Å²) in [5, 5.41) is 3.03. The topological polar surface area (TPSA) is 24.9 Å². The Kier molecular flexibility index (Phi) is 4.71. The number of anilines is 1. The first-order valence-electron chi connectivity index (χ1n) is 6.85. The van der Waals surface area contributed by atoms with Crippen LogP contribution in [0.15, 0.2) is 47.5 Å². The monoisotopic (exact) mass is 286 g/mol. The number of aromatic nitrogens is 1. The molecule has 3 heteroatoms. The minimum Gasteiger partial charge on any atom is -0.373 e. The molecule has 0 unspecified atom stereocenters. The van der Waals surface area contributed by atoms with Crippen molar-refractivity contribution in [2.75, 3.05) is 12.4 Å². The molecular formula is C17H22N2S. The van der Waals surface area contributed by atoms with Gasteiger partial charge in [0.1, 0.15) is 5.82 Å². The summed E-state index contributed by atoms with van der Waals surface area (Å²) in [5.74, 6) is 1.86. The van der Waals surface area contributed by atoms with E-state index in [-0.39, 0.29) is 5.41 Å². The van der Waals surface area contributed by atoms with Crippen molar-refractivity contribution in [2.24, 2.45) is 0 Å². The molecule has 0 aliphatic carbocycles. The van der Waals surface area contributed by atoms with Gasteiger partial charge < -0.3 is 5.32 Å². The predicted octanol–water partition coefficient (Wildman–Crippen LogP) is 4.71. The fourth-order valence-electron chi connectivity index (χ4n) is 1.88. The fourth-order valence-corrected chi connectivity index (χ4v) is 2.71. The number of rotatable bonds is 4. The Labute approximate surface area is 126 Å². The number of hydrogen-bond acceptors (Lipinski definition) is 3. The van der Waals surface area contributed by atoms with Gasteiger partial charge in [0, 0.05) is 23.9 Å². The van der Waals surface area contributed by atoms with Crippen LogP contribution in [0.25, 0.3) is 0 Å². The normalized spacial score (nSPS) is 11.4. The van der Waals surface area contributed by atoms with Crippen molar-refractivity contribution in [3.8, 4) is 0 Å². The molecule has 1 aromatic carbocycles. The van der Waals surface area contributed by atoms with Gasteiger partial charge >= 0.3 is 0 Å². The first kappa shape index (κ1) is 14.9. The van der Waals surface area contributed by atoms with Gasteiger partial charge in [0.05, 0.1) is 0 Å². The lowest BCUT2D eigenvalue weighted by Gasteiger charge is -2.19. The molecule has 2 aromatic rings. The van der Waals surface area contributed by atoms with Crippen molar-refractivity contribution in [1.29, 1.82) is 0 Å². The van der Waals surface area contributed by atoms with Gasteiger partial charge in [-0.25, -0.2) is 4.98 Å². The van der Waals surface area contributed by atoms with E-state index in [1.165, 1.54) is 16.0 Å². The zero-order valence-electron chi connectivity index (χ0n) is 12.6. The first-order chi connectivity index (χ1) is 9.49. The van der Waals surface area contributed by atoms with Gasteiger partial charge in [-0.1, -0.05) is 39.0 Å². The van der Waals surface area contributed by atoms with E-state index < -0.39 is 0 Å². The summed E-state index contributed by atoms with van der Waals surface area (Å²) in [7, 11) is 1.88. The lowest BCUT2D eigenvalue weighted by Crippen LogP contribution is -2.10. The highest BCUT2D eigenvalue weighted by molar-refractivity contribution is 7.98. The molecule has 1 N–H and O–H groups in total. The molecule has 0 bridgehead atoms. The Morgan fingerprint density at radius 1 is 1.05 bits per heavy atom. The maximum Gasteiger partial charge on any atom is 0.125 e. The van der Waals surface area contributed by atoms with Crippen LogP contribution < -0.4 is 5.32 Å². The molecule has 20 heavy (non-hydrogen) atoms. The third-order valence-electron chi connectivity index (χ3n) is 3.21. The molecule has 0 spiro atoms. The molecule has 0 aliphatic rings. The predicted molar refractivity (Wildman–Crippen MR) is 88.5 cm³/mol. The summed E-state index contributed by atoms with van der Waals surface area (Å²) in [6.45, 7) is 6.72. The molecule has 0 saturated carbocycles. The van der Waals surface area contributed by atoms with Gasteiger partial charge in [0.15, 0.2) is 0 Å². The van der Waals surface area contributed by atoms with Crippen molar-refractivity contribution in [3.63, 3.8) is 0 Å². The van der Waals surface area contributed by atoms with E-state index in [0.717, 1.165) is 11.6 Å². The van der Waals surface area contributed by atoms with E-state index in [9.17, 15) is 0 Å². The number of nitrogens with one attached hydrogen (secondary N) is 1. The van der Waals surface area contributed by atoms with Crippen LogP contribution in [0, 0.1) is 0 Å². The molecule has 106 valence electrons. The van der Waals surface area contributed by atoms with Crippen molar-refractivity contribution >= 4 is 17.6 Å². The maximum absolute atomic E-state index is 4.33. The van der Waals surface area contributed by atoms with Crippen LogP contribution in [0.3, 0.4) is 0 Å². The van der Waals surface area contributed by atoms with E-state index >= 15 is 0 Å².